The minimum Gasteiger partial charge on any atom is -0.324 e. The van der Waals surface area contributed by atoms with E-state index >= 15 is 0 Å². The van der Waals surface area contributed by atoms with Gasteiger partial charge in [-0.25, -0.2) is 8.78 Å². The van der Waals surface area contributed by atoms with Crippen LogP contribution in [0.25, 0.3) is 0 Å². The monoisotopic (exact) mass is 217 g/mol. The summed E-state index contributed by atoms with van der Waals surface area (Å²) in [4.78, 5) is 0. The molecule has 1 aromatic rings. The van der Waals surface area contributed by atoms with Gasteiger partial charge in [-0.2, -0.15) is 0 Å². The third-order valence-corrected chi connectivity index (χ3v) is 2.22. The van der Waals surface area contributed by atoms with Gasteiger partial charge in [-0.05, 0) is 24.1 Å². The van der Waals surface area contributed by atoms with Crippen LogP contribution in [0.1, 0.15) is 18.0 Å². The smallest absolute Gasteiger partial charge is 0.145 e. The van der Waals surface area contributed by atoms with Crippen LogP contribution >= 0.6 is 11.6 Å². The molecule has 0 aliphatic heterocycles. The molecule has 0 bridgehead atoms. The summed E-state index contributed by atoms with van der Waals surface area (Å²) in [6, 6.07) is 1.83. The molecule has 0 saturated carbocycles. The molecule has 1 rings (SSSR count). The lowest BCUT2D eigenvalue weighted by atomic mass is 10.0. The van der Waals surface area contributed by atoms with Crippen molar-refractivity contribution in [1.82, 2.24) is 0 Å². The van der Waals surface area contributed by atoms with E-state index in [1.165, 1.54) is 0 Å². The van der Waals surface area contributed by atoms with E-state index in [2.05, 4.69) is 6.58 Å². The average molecular weight is 218 g/mol. The molecule has 1 aromatic carbocycles. The molecule has 4 heteroatoms. The first kappa shape index (κ1) is 11.1. The Morgan fingerprint density at radius 2 is 1.93 bits per heavy atom. The molecule has 14 heavy (non-hydrogen) atoms. The van der Waals surface area contributed by atoms with Crippen molar-refractivity contribution in [3.05, 3.63) is 47.0 Å². The highest BCUT2D eigenvalue weighted by atomic mass is 35.5. The summed E-state index contributed by atoms with van der Waals surface area (Å²) in [5.74, 6) is -1.58. The normalized spacial score (nSPS) is 12.6. The Balaban J connectivity index is 3.05. The Bertz CT molecular complexity index is 329. The topological polar surface area (TPSA) is 26.0 Å². The lowest BCUT2D eigenvalue weighted by molar-refractivity contribution is 0.574. The van der Waals surface area contributed by atoms with Crippen molar-refractivity contribution < 1.29 is 8.78 Å². The molecule has 0 radical (unpaired) electrons. The van der Waals surface area contributed by atoms with E-state index in [1.807, 2.05) is 0 Å². The van der Waals surface area contributed by atoms with E-state index in [0.29, 0.717) is 12.0 Å². The summed E-state index contributed by atoms with van der Waals surface area (Å²) in [5, 5.41) is -0.500. The van der Waals surface area contributed by atoms with E-state index in [4.69, 9.17) is 17.3 Å². The Kier molecular flexibility index (Phi) is 3.61. The van der Waals surface area contributed by atoms with Gasteiger partial charge in [0.25, 0.3) is 0 Å². The van der Waals surface area contributed by atoms with Gasteiger partial charge in [0, 0.05) is 6.04 Å². The first-order valence-corrected chi connectivity index (χ1v) is 4.45. The number of nitrogens with two attached hydrogens (primary N) is 1. The Morgan fingerprint density at radius 3 is 2.36 bits per heavy atom. The van der Waals surface area contributed by atoms with Gasteiger partial charge in [0.15, 0.2) is 0 Å². The summed E-state index contributed by atoms with van der Waals surface area (Å²) in [7, 11) is 0. The van der Waals surface area contributed by atoms with Gasteiger partial charge in [-0.3, -0.25) is 0 Å². The number of hydrogen-bond donors (Lipinski definition) is 1. The van der Waals surface area contributed by atoms with Crippen molar-refractivity contribution in [1.29, 1.82) is 0 Å². The van der Waals surface area contributed by atoms with E-state index < -0.39 is 22.7 Å². The standard InChI is InChI=1S/C10H10ClF2N/c1-2-3-9(14)6-4-7(12)10(11)8(13)5-6/h2,4-5,9H,1,3,14H2/t9-/m1/s1. The van der Waals surface area contributed by atoms with Crippen molar-refractivity contribution >= 4 is 11.6 Å². The van der Waals surface area contributed by atoms with Gasteiger partial charge in [0.1, 0.15) is 16.7 Å². The first-order valence-electron chi connectivity index (χ1n) is 4.07. The summed E-state index contributed by atoms with van der Waals surface area (Å²) in [6.45, 7) is 3.50. The molecule has 0 spiro atoms. The van der Waals surface area contributed by atoms with Crippen LogP contribution in [0.2, 0.25) is 5.02 Å². The first-order chi connectivity index (χ1) is 6.56. The quantitative estimate of drug-likeness (QED) is 0.611. The lowest BCUT2D eigenvalue weighted by Gasteiger charge is -2.10. The highest BCUT2D eigenvalue weighted by Crippen LogP contribution is 2.24. The van der Waals surface area contributed by atoms with Gasteiger partial charge in [0.2, 0.25) is 0 Å². The maximum atomic E-state index is 13.0. The minimum atomic E-state index is -0.791. The van der Waals surface area contributed by atoms with Crippen LogP contribution in [0.3, 0.4) is 0 Å². The fourth-order valence-electron chi connectivity index (χ4n) is 1.10. The average Bonchev–Trinajstić information content (AvgIpc) is 2.13. The van der Waals surface area contributed by atoms with Crippen molar-refractivity contribution in [3.63, 3.8) is 0 Å². The van der Waals surface area contributed by atoms with E-state index in [-0.39, 0.29) is 0 Å². The maximum Gasteiger partial charge on any atom is 0.145 e. The molecule has 1 atom stereocenters. The Labute approximate surface area is 86.2 Å². The highest BCUT2D eigenvalue weighted by molar-refractivity contribution is 6.30. The van der Waals surface area contributed by atoms with Gasteiger partial charge >= 0.3 is 0 Å². The SMILES string of the molecule is C=CC[C@@H](N)c1cc(F)c(Cl)c(F)c1. The van der Waals surface area contributed by atoms with Crippen molar-refractivity contribution in [3.8, 4) is 0 Å². The lowest BCUT2D eigenvalue weighted by Crippen LogP contribution is -2.09. The molecule has 0 aromatic heterocycles. The second-order valence-corrected chi connectivity index (χ2v) is 3.31. The van der Waals surface area contributed by atoms with Gasteiger partial charge in [-0.1, -0.05) is 17.7 Å². The van der Waals surface area contributed by atoms with Crippen LogP contribution in [0, 0.1) is 11.6 Å². The predicted molar refractivity (Wildman–Crippen MR) is 53.1 cm³/mol. The molecular weight excluding hydrogens is 208 g/mol. The molecule has 2 N–H and O–H groups in total. The zero-order chi connectivity index (χ0) is 10.7. The van der Waals surface area contributed by atoms with E-state index in [0.717, 1.165) is 12.1 Å². The van der Waals surface area contributed by atoms with E-state index in [9.17, 15) is 8.78 Å². The molecule has 0 unspecified atom stereocenters. The van der Waals surface area contributed by atoms with Crippen molar-refractivity contribution in [2.24, 2.45) is 5.73 Å². The van der Waals surface area contributed by atoms with E-state index in [1.54, 1.807) is 6.08 Å². The second-order valence-electron chi connectivity index (χ2n) is 2.93. The van der Waals surface area contributed by atoms with Crippen molar-refractivity contribution in [2.45, 2.75) is 12.5 Å². The second kappa shape index (κ2) is 4.53. The molecule has 0 saturated heterocycles. The zero-order valence-corrected chi connectivity index (χ0v) is 8.19. The van der Waals surface area contributed by atoms with Crippen LogP contribution in [-0.2, 0) is 0 Å². The molecular formula is C10H10ClF2N. The van der Waals surface area contributed by atoms with Crippen molar-refractivity contribution in [2.75, 3.05) is 0 Å². The minimum absolute atomic E-state index is 0.379. The summed E-state index contributed by atoms with van der Waals surface area (Å²) in [5.41, 5.74) is 6.02. The number of hydrogen-bond acceptors (Lipinski definition) is 1. The van der Waals surface area contributed by atoms with Crippen LogP contribution in [0.5, 0.6) is 0 Å². The van der Waals surface area contributed by atoms with Crippen LogP contribution < -0.4 is 5.73 Å². The van der Waals surface area contributed by atoms with Gasteiger partial charge in [-0.15, -0.1) is 6.58 Å². The Hall–Kier alpha value is -0.930. The Morgan fingerprint density at radius 1 is 1.43 bits per heavy atom. The number of rotatable bonds is 3. The molecule has 0 heterocycles. The third kappa shape index (κ3) is 2.30. The summed E-state index contributed by atoms with van der Waals surface area (Å²) in [6.07, 6.45) is 2.05. The molecule has 76 valence electrons. The number of halogens is 3. The molecule has 1 nitrogen and oxygen atoms in total. The molecule has 0 aliphatic carbocycles. The predicted octanol–water partition coefficient (Wildman–Crippen LogP) is 3.19. The highest BCUT2D eigenvalue weighted by Gasteiger charge is 2.12. The molecule has 0 aliphatic rings. The summed E-state index contributed by atoms with van der Waals surface area (Å²) >= 11 is 5.32. The largest absolute Gasteiger partial charge is 0.324 e. The maximum absolute atomic E-state index is 13.0. The molecule has 0 amide bonds. The molecule has 0 fully saturated rings. The zero-order valence-electron chi connectivity index (χ0n) is 7.43. The number of benzene rings is 1. The van der Waals surface area contributed by atoms with Crippen LogP contribution in [0.15, 0.2) is 24.8 Å². The van der Waals surface area contributed by atoms with Crippen LogP contribution in [-0.4, -0.2) is 0 Å². The van der Waals surface area contributed by atoms with Crippen LogP contribution in [0.4, 0.5) is 8.78 Å². The fourth-order valence-corrected chi connectivity index (χ4v) is 1.21. The van der Waals surface area contributed by atoms with Gasteiger partial charge in [0.05, 0.1) is 0 Å². The fraction of sp³-hybridized carbons (Fsp3) is 0.200. The third-order valence-electron chi connectivity index (χ3n) is 1.85. The van der Waals surface area contributed by atoms with Gasteiger partial charge < -0.3 is 5.73 Å². The summed E-state index contributed by atoms with van der Waals surface area (Å²) < 4.78 is 26.0.